The molecule has 0 aromatic heterocycles. The molecule has 0 atom stereocenters. The number of phenols is 1. The highest BCUT2D eigenvalue weighted by Gasteiger charge is 2.33. The number of rotatable bonds is 4. The number of nitrogens with zero attached hydrogens (tertiary/aromatic N) is 2. The monoisotopic (exact) mass is 466 g/mol. The number of benzene rings is 2. The van der Waals surface area contributed by atoms with E-state index >= 15 is 0 Å². The fourth-order valence-corrected chi connectivity index (χ4v) is 4.14. The summed E-state index contributed by atoms with van der Waals surface area (Å²) in [7, 11) is 1.29. The van der Waals surface area contributed by atoms with E-state index in [0.29, 0.717) is 20.5 Å². The van der Waals surface area contributed by atoms with E-state index in [0.717, 1.165) is 16.2 Å². The van der Waals surface area contributed by atoms with Gasteiger partial charge in [-0.2, -0.15) is 0 Å². The molecule has 2 aromatic carbocycles. The molecule has 1 amide bonds. The van der Waals surface area contributed by atoms with Crippen molar-refractivity contribution >= 4 is 67.6 Å². The lowest BCUT2D eigenvalue weighted by Crippen LogP contribution is -2.27. The van der Waals surface area contributed by atoms with Gasteiger partial charge in [-0.15, -0.1) is 0 Å². The van der Waals surface area contributed by atoms with Crippen LogP contribution in [0.3, 0.4) is 0 Å². The van der Waals surface area contributed by atoms with Crippen LogP contribution >= 0.6 is 39.9 Å². The number of carbonyl (C=O) groups excluding carboxylic acids is 1. The number of phenolic OH excluding ortho intramolecular Hbond substituents is 1. The predicted molar refractivity (Wildman–Crippen MR) is 111 cm³/mol. The van der Waals surface area contributed by atoms with Gasteiger partial charge < -0.3 is 9.84 Å². The van der Waals surface area contributed by atoms with E-state index < -0.39 is 16.4 Å². The smallest absolute Gasteiger partial charge is 0.315 e. The highest BCUT2D eigenvalue weighted by molar-refractivity contribution is 9.10. The molecule has 0 radical (unpaired) electrons. The van der Waals surface area contributed by atoms with Crippen LogP contribution in [0.2, 0.25) is 0 Å². The zero-order valence-electron chi connectivity index (χ0n) is 13.7. The first kappa shape index (κ1) is 19.3. The molecule has 1 aliphatic rings. The molecule has 2 aromatic rings. The predicted octanol–water partition coefficient (Wildman–Crippen LogP) is 4.48. The van der Waals surface area contributed by atoms with Crippen molar-refractivity contribution < 1.29 is 19.6 Å². The molecule has 138 valence electrons. The van der Waals surface area contributed by atoms with Crippen molar-refractivity contribution in [2.24, 2.45) is 0 Å². The first-order valence-electron chi connectivity index (χ1n) is 7.40. The second kappa shape index (κ2) is 7.67. The van der Waals surface area contributed by atoms with E-state index in [1.54, 1.807) is 18.2 Å². The van der Waals surface area contributed by atoms with E-state index in [2.05, 4.69) is 15.9 Å². The number of aromatic hydroxyl groups is 1. The zero-order valence-corrected chi connectivity index (χ0v) is 16.9. The average molecular weight is 467 g/mol. The number of halogens is 1. The van der Waals surface area contributed by atoms with Gasteiger partial charge in [0.15, 0.2) is 10.1 Å². The lowest BCUT2D eigenvalue weighted by atomic mass is 10.1. The van der Waals surface area contributed by atoms with Crippen molar-refractivity contribution in [3.05, 3.63) is 61.5 Å². The molecule has 27 heavy (non-hydrogen) atoms. The Balaban J connectivity index is 2.01. The SMILES string of the molecule is COc1cc(/C=C2/SC(=S)N(c3cccc(Br)c3)C2=O)cc([N+](=O)[O-])c1O. The van der Waals surface area contributed by atoms with Crippen molar-refractivity contribution in [3.8, 4) is 11.5 Å². The van der Waals surface area contributed by atoms with Crippen molar-refractivity contribution in [1.29, 1.82) is 0 Å². The fourth-order valence-electron chi connectivity index (χ4n) is 2.45. The largest absolute Gasteiger partial charge is 0.500 e. The van der Waals surface area contributed by atoms with Gasteiger partial charge in [0, 0.05) is 10.5 Å². The summed E-state index contributed by atoms with van der Waals surface area (Å²) >= 11 is 9.76. The summed E-state index contributed by atoms with van der Waals surface area (Å²) in [4.78, 5) is 24.9. The molecule has 1 saturated heterocycles. The van der Waals surface area contributed by atoms with Crippen LogP contribution in [0.5, 0.6) is 11.5 Å². The van der Waals surface area contributed by atoms with E-state index in [-0.39, 0.29) is 11.7 Å². The quantitative estimate of drug-likeness (QED) is 0.307. The number of anilines is 1. The Morgan fingerprint density at radius 2 is 2.11 bits per heavy atom. The average Bonchev–Trinajstić information content (AvgIpc) is 2.89. The van der Waals surface area contributed by atoms with E-state index in [1.807, 2.05) is 6.07 Å². The van der Waals surface area contributed by atoms with Crippen LogP contribution in [0.4, 0.5) is 11.4 Å². The van der Waals surface area contributed by atoms with Crippen molar-refractivity contribution in [1.82, 2.24) is 0 Å². The Morgan fingerprint density at radius 1 is 1.37 bits per heavy atom. The molecule has 0 aliphatic carbocycles. The molecule has 1 N–H and O–H groups in total. The van der Waals surface area contributed by atoms with Crippen LogP contribution in [0.25, 0.3) is 6.08 Å². The maximum atomic E-state index is 12.8. The van der Waals surface area contributed by atoms with Gasteiger partial charge in [-0.1, -0.05) is 46.0 Å². The zero-order chi connectivity index (χ0) is 19.7. The van der Waals surface area contributed by atoms with Gasteiger partial charge in [0.05, 0.1) is 22.6 Å². The summed E-state index contributed by atoms with van der Waals surface area (Å²) in [6.45, 7) is 0. The molecular formula is C17H11BrN2O5S2. The number of hydrogen-bond donors (Lipinski definition) is 1. The molecule has 0 unspecified atom stereocenters. The minimum atomic E-state index is -0.720. The van der Waals surface area contributed by atoms with Gasteiger partial charge in [-0.3, -0.25) is 19.8 Å². The molecule has 0 bridgehead atoms. The van der Waals surface area contributed by atoms with Gasteiger partial charge in [-0.05, 0) is 35.9 Å². The molecule has 1 fully saturated rings. The Hall–Kier alpha value is -2.43. The molecule has 1 heterocycles. The van der Waals surface area contributed by atoms with Crippen LogP contribution in [0, 0.1) is 10.1 Å². The van der Waals surface area contributed by atoms with Gasteiger partial charge in [-0.25, -0.2) is 0 Å². The molecule has 10 heteroatoms. The fraction of sp³-hybridized carbons (Fsp3) is 0.0588. The standard InChI is InChI=1S/C17H11BrN2O5S2/c1-25-13-6-9(5-12(15(13)21)20(23)24)7-14-16(22)19(17(26)27-14)11-4-2-3-10(18)8-11/h2-8,21H,1H3/b14-7+. The first-order valence-corrected chi connectivity index (χ1v) is 9.42. The number of hydrogen-bond acceptors (Lipinski definition) is 7. The molecule has 7 nitrogen and oxygen atoms in total. The highest BCUT2D eigenvalue weighted by atomic mass is 79.9. The molecular weight excluding hydrogens is 456 g/mol. The van der Waals surface area contributed by atoms with Crippen LogP contribution in [-0.4, -0.2) is 27.4 Å². The van der Waals surface area contributed by atoms with E-state index in [1.165, 1.54) is 30.2 Å². The van der Waals surface area contributed by atoms with Gasteiger partial charge in [0.25, 0.3) is 5.91 Å². The van der Waals surface area contributed by atoms with Gasteiger partial charge >= 0.3 is 5.69 Å². The Labute approximate surface area is 171 Å². The molecule has 0 spiro atoms. The third kappa shape index (κ3) is 3.82. The van der Waals surface area contributed by atoms with Crippen LogP contribution in [0.15, 0.2) is 45.8 Å². The van der Waals surface area contributed by atoms with Crippen LogP contribution in [0.1, 0.15) is 5.56 Å². The van der Waals surface area contributed by atoms with Crippen molar-refractivity contribution in [2.75, 3.05) is 12.0 Å². The Kier molecular flexibility index (Phi) is 5.49. The number of thiocarbonyl (C=S) groups is 1. The summed E-state index contributed by atoms with van der Waals surface area (Å²) in [6, 6.07) is 9.72. The van der Waals surface area contributed by atoms with Gasteiger partial charge in [0.1, 0.15) is 0 Å². The second-order valence-electron chi connectivity index (χ2n) is 5.34. The highest BCUT2D eigenvalue weighted by Crippen LogP contribution is 2.40. The number of amides is 1. The van der Waals surface area contributed by atoms with Crippen molar-refractivity contribution in [2.45, 2.75) is 0 Å². The van der Waals surface area contributed by atoms with E-state index in [9.17, 15) is 20.0 Å². The molecule has 3 rings (SSSR count). The lowest BCUT2D eigenvalue weighted by molar-refractivity contribution is -0.386. The minimum absolute atomic E-state index is 0.0575. The normalized spacial score (nSPS) is 15.5. The number of thioether (sulfide) groups is 1. The third-order valence-corrected chi connectivity index (χ3v) is 5.45. The maximum Gasteiger partial charge on any atom is 0.315 e. The third-order valence-electron chi connectivity index (χ3n) is 3.65. The maximum absolute atomic E-state index is 12.8. The summed E-state index contributed by atoms with van der Waals surface area (Å²) < 4.78 is 6.13. The second-order valence-corrected chi connectivity index (χ2v) is 7.94. The van der Waals surface area contributed by atoms with Gasteiger partial charge in [0.2, 0.25) is 5.75 Å². The summed E-state index contributed by atoms with van der Waals surface area (Å²) in [5.74, 6) is -0.961. The van der Waals surface area contributed by atoms with Crippen molar-refractivity contribution in [3.63, 3.8) is 0 Å². The number of carbonyl (C=O) groups is 1. The summed E-state index contributed by atoms with van der Waals surface area (Å²) in [6.07, 6.45) is 1.48. The Bertz CT molecular complexity index is 1010. The number of methoxy groups -OCH3 is 1. The lowest BCUT2D eigenvalue weighted by Gasteiger charge is -2.14. The summed E-state index contributed by atoms with van der Waals surface area (Å²) in [5, 5.41) is 21.0. The minimum Gasteiger partial charge on any atom is -0.500 e. The van der Waals surface area contributed by atoms with E-state index in [4.69, 9.17) is 17.0 Å². The van der Waals surface area contributed by atoms with Crippen LogP contribution in [-0.2, 0) is 4.79 Å². The number of nitro benzene ring substituents is 1. The van der Waals surface area contributed by atoms with Crippen LogP contribution < -0.4 is 9.64 Å². The first-order chi connectivity index (χ1) is 12.8. The number of ether oxygens (including phenoxy) is 1. The number of nitro groups is 1. The Morgan fingerprint density at radius 3 is 2.74 bits per heavy atom. The molecule has 0 saturated carbocycles. The topological polar surface area (TPSA) is 92.9 Å². The molecule has 1 aliphatic heterocycles. The summed E-state index contributed by atoms with van der Waals surface area (Å²) in [5.41, 5.74) is 0.443.